The fourth-order valence-electron chi connectivity index (χ4n) is 14.3. The molecule has 0 bridgehead atoms. The zero-order chi connectivity index (χ0) is 54.3. The van der Waals surface area contributed by atoms with Gasteiger partial charge in [0.25, 0.3) is 0 Å². The summed E-state index contributed by atoms with van der Waals surface area (Å²) in [5, 5.41) is 39.2. The number of hydrogen-bond donors (Lipinski definition) is 0. The van der Waals surface area contributed by atoms with E-state index in [9.17, 15) is 10.5 Å². The maximum atomic E-state index is 13.1. The number of fused-ring (bicyclic) bond motifs is 24. The van der Waals surface area contributed by atoms with E-state index in [1.165, 1.54) is 0 Å². The van der Waals surface area contributed by atoms with Gasteiger partial charge in [0.1, 0.15) is 62.4 Å². The number of rotatable bonds is 4. The Morgan fingerprint density at radius 2 is 0.614 bits per heavy atom. The van der Waals surface area contributed by atoms with Crippen molar-refractivity contribution >= 4 is 153 Å². The van der Waals surface area contributed by atoms with Crippen LogP contribution in [0, 0.1) is 22.7 Å². The molecular weight excluding hydrogens is 1020 g/mol. The first-order valence-corrected chi connectivity index (χ1v) is 27.6. The molecule has 7 aromatic heterocycles. The summed E-state index contributed by atoms with van der Waals surface area (Å²) in [6.07, 6.45) is 0. The number of nitriles is 2. The fraction of sp³-hybridized carbons (Fsp3) is 0. The van der Waals surface area contributed by atoms with Gasteiger partial charge in [-0.25, -0.2) is 0 Å². The highest BCUT2D eigenvalue weighted by molar-refractivity contribution is 6.29. The van der Waals surface area contributed by atoms with Crippen molar-refractivity contribution in [1.82, 2.24) is 13.7 Å². The molecule has 0 atom stereocenters. The predicted octanol–water partition coefficient (Wildman–Crippen LogP) is 20.0. The third-order valence-electron chi connectivity index (χ3n) is 17.5. The fourth-order valence-corrected chi connectivity index (χ4v) is 14.3. The van der Waals surface area contributed by atoms with E-state index in [2.05, 4.69) is 135 Å². The summed E-state index contributed by atoms with van der Waals surface area (Å²) < 4.78 is 34.1. The standard InChI is InChI=1S/C74H37N5O4/c75-38-52-64(51-24-15-23-47-43-19-4-11-28-57(43)83-74(47)51)71(77-54-25-8-1-16-40(54)44-32-35-61-65(68(44)77)48-20-5-12-29-58(48)80-61)53(39-76)73(79-56-27-10-3-18-42(56)46-34-37-63-67(70(46)79)50-22-7-14-31-60(50)82-63)72(52)78-55-26-9-2-17-41(55)45-33-36-62-66(69(45)78)49-21-6-13-30-59(49)81-62/h1-37H. The van der Waals surface area contributed by atoms with Crippen LogP contribution in [0.1, 0.15) is 11.1 Å². The van der Waals surface area contributed by atoms with Gasteiger partial charge in [0.15, 0.2) is 0 Å². The minimum absolute atomic E-state index is 0.317. The van der Waals surface area contributed by atoms with Crippen molar-refractivity contribution in [2.45, 2.75) is 0 Å². The smallest absolute Gasteiger partial charge is 0.143 e. The SMILES string of the molecule is N#Cc1c(-c2cccc3c2oc2ccccc23)c(-n2c3ccccc3c3ccc4oc5ccccc5c4c32)c(C#N)c(-n2c3ccccc3c3ccc4oc5ccccc5c4c32)c1-n1c2ccccc2c2ccc3oc4ccccc4c3c21. The molecule has 0 saturated heterocycles. The molecule has 0 amide bonds. The molecular formula is C74H37N5O4. The Labute approximate surface area is 468 Å². The molecule has 0 saturated carbocycles. The van der Waals surface area contributed by atoms with Crippen LogP contribution in [-0.4, -0.2) is 13.7 Å². The van der Waals surface area contributed by atoms with Crippen LogP contribution in [-0.2, 0) is 0 Å². The number of benzene rings is 12. The molecule has 0 spiro atoms. The minimum Gasteiger partial charge on any atom is -0.456 e. The van der Waals surface area contributed by atoms with E-state index in [1.807, 2.05) is 115 Å². The van der Waals surface area contributed by atoms with Gasteiger partial charge >= 0.3 is 0 Å². The Kier molecular flexibility index (Phi) is 8.48. The zero-order valence-electron chi connectivity index (χ0n) is 43.7. The van der Waals surface area contributed by atoms with E-state index in [-0.39, 0.29) is 0 Å². The van der Waals surface area contributed by atoms with E-state index in [4.69, 9.17) is 17.7 Å². The highest BCUT2D eigenvalue weighted by Crippen LogP contribution is 2.53. The Bertz CT molecular complexity index is 6230. The maximum Gasteiger partial charge on any atom is 0.143 e. The summed E-state index contributed by atoms with van der Waals surface area (Å²) in [4.78, 5) is 0. The average Bonchev–Trinajstić information content (AvgIpc) is 2.50. The molecule has 9 heteroatoms. The average molecular weight is 1060 g/mol. The van der Waals surface area contributed by atoms with Crippen molar-refractivity contribution < 1.29 is 17.7 Å². The van der Waals surface area contributed by atoms with Crippen molar-refractivity contribution in [3.63, 3.8) is 0 Å². The summed E-state index contributed by atoms with van der Waals surface area (Å²) in [5.74, 6) is 0. The largest absolute Gasteiger partial charge is 0.456 e. The van der Waals surface area contributed by atoms with Gasteiger partial charge < -0.3 is 31.4 Å². The van der Waals surface area contributed by atoms with Crippen LogP contribution in [0.4, 0.5) is 0 Å². The van der Waals surface area contributed by atoms with Crippen LogP contribution in [0.3, 0.4) is 0 Å². The van der Waals surface area contributed by atoms with E-state index in [0.717, 1.165) is 125 Å². The molecule has 382 valence electrons. The topological polar surface area (TPSA) is 115 Å². The Morgan fingerprint density at radius 1 is 0.265 bits per heavy atom. The molecule has 0 aliphatic heterocycles. The lowest BCUT2D eigenvalue weighted by Gasteiger charge is -2.26. The van der Waals surface area contributed by atoms with Crippen LogP contribution >= 0.6 is 0 Å². The third-order valence-corrected chi connectivity index (χ3v) is 17.5. The van der Waals surface area contributed by atoms with Gasteiger partial charge in [-0.1, -0.05) is 146 Å². The van der Waals surface area contributed by atoms with Crippen molar-refractivity contribution in [1.29, 1.82) is 10.5 Å². The molecule has 12 aromatic carbocycles. The van der Waals surface area contributed by atoms with E-state index >= 15 is 0 Å². The number of hydrogen-bond acceptors (Lipinski definition) is 6. The molecule has 0 radical (unpaired) electrons. The molecule has 7 heterocycles. The van der Waals surface area contributed by atoms with Crippen LogP contribution in [0.5, 0.6) is 0 Å². The summed E-state index contributed by atoms with van der Waals surface area (Å²) in [5.41, 5.74) is 13.9. The van der Waals surface area contributed by atoms with Crippen LogP contribution in [0.15, 0.2) is 242 Å². The van der Waals surface area contributed by atoms with E-state index in [1.54, 1.807) is 0 Å². The van der Waals surface area contributed by atoms with E-state index in [0.29, 0.717) is 67.2 Å². The Hall–Kier alpha value is -11.8. The predicted molar refractivity (Wildman–Crippen MR) is 333 cm³/mol. The number of furan rings is 4. The van der Waals surface area contributed by atoms with Gasteiger partial charge in [-0.3, -0.25) is 0 Å². The molecule has 9 nitrogen and oxygen atoms in total. The summed E-state index contributed by atoms with van der Waals surface area (Å²) in [6, 6.07) is 82.2. The molecule has 0 aliphatic carbocycles. The first-order chi connectivity index (χ1) is 41.1. The van der Waals surface area contributed by atoms with Crippen LogP contribution in [0.25, 0.3) is 181 Å². The second-order valence-electron chi connectivity index (χ2n) is 21.5. The number of nitrogens with zero attached hydrogens (tertiary/aromatic N) is 5. The monoisotopic (exact) mass is 1060 g/mol. The van der Waals surface area contributed by atoms with Crippen molar-refractivity contribution in [3.8, 4) is 40.3 Å². The van der Waals surface area contributed by atoms with Gasteiger partial charge in [-0.15, -0.1) is 0 Å². The maximum absolute atomic E-state index is 13.1. The highest BCUT2D eigenvalue weighted by Gasteiger charge is 2.36. The Balaban J connectivity index is 1.15. The second kappa shape index (κ2) is 16.0. The lowest BCUT2D eigenvalue weighted by molar-refractivity contribution is 0.668. The first kappa shape index (κ1) is 44.1. The quantitative estimate of drug-likeness (QED) is 0.173. The highest BCUT2D eigenvalue weighted by atomic mass is 16.3. The first-order valence-electron chi connectivity index (χ1n) is 27.6. The van der Waals surface area contributed by atoms with Crippen molar-refractivity contribution in [3.05, 3.63) is 236 Å². The minimum atomic E-state index is 0.317. The normalized spacial score (nSPS) is 12.3. The summed E-state index contributed by atoms with van der Waals surface area (Å²) >= 11 is 0. The molecule has 83 heavy (non-hydrogen) atoms. The van der Waals surface area contributed by atoms with Crippen molar-refractivity contribution in [2.24, 2.45) is 0 Å². The molecule has 19 aromatic rings. The van der Waals surface area contributed by atoms with Gasteiger partial charge in [0, 0.05) is 70.4 Å². The second-order valence-corrected chi connectivity index (χ2v) is 21.5. The molecule has 19 rings (SSSR count). The number of para-hydroxylation sites is 8. The summed E-state index contributed by atoms with van der Waals surface area (Å²) in [7, 11) is 0. The molecule has 0 fully saturated rings. The lowest BCUT2D eigenvalue weighted by Crippen LogP contribution is -2.14. The van der Waals surface area contributed by atoms with Gasteiger partial charge in [-0.05, 0) is 78.9 Å². The van der Waals surface area contributed by atoms with Gasteiger partial charge in [-0.2, -0.15) is 10.5 Å². The van der Waals surface area contributed by atoms with Crippen molar-refractivity contribution in [2.75, 3.05) is 0 Å². The third kappa shape index (κ3) is 5.57. The zero-order valence-corrected chi connectivity index (χ0v) is 43.7. The lowest BCUT2D eigenvalue weighted by atomic mass is 9.90. The van der Waals surface area contributed by atoms with Gasteiger partial charge in [0.05, 0.1) is 71.9 Å². The number of aromatic nitrogens is 3. The Morgan fingerprint density at radius 3 is 1.05 bits per heavy atom. The van der Waals surface area contributed by atoms with Gasteiger partial charge in [0.2, 0.25) is 0 Å². The summed E-state index contributed by atoms with van der Waals surface area (Å²) in [6.45, 7) is 0. The van der Waals surface area contributed by atoms with Crippen LogP contribution in [0.2, 0.25) is 0 Å². The van der Waals surface area contributed by atoms with Crippen LogP contribution < -0.4 is 0 Å². The molecule has 0 unspecified atom stereocenters. The van der Waals surface area contributed by atoms with E-state index < -0.39 is 0 Å². The molecule has 0 aliphatic rings. The molecule has 0 N–H and O–H groups in total.